The molecule has 0 radical (unpaired) electrons. The fraction of sp³-hybridized carbons (Fsp3) is 0.500. The van der Waals surface area contributed by atoms with Crippen LogP contribution in [0, 0.1) is 0 Å². The number of ether oxygens (including phenoxy) is 1. The molecule has 0 bridgehead atoms. The first-order valence-corrected chi connectivity index (χ1v) is 6.27. The Morgan fingerprint density at radius 1 is 1.60 bits per heavy atom. The largest absolute Gasteiger partial charge is 0.384 e. The average molecular weight is 279 g/mol. The molecule has 20 heavy (non-hydrogen) atoms. The van der Waals surface area contributed by atoms with E-state index >= 15 is 0 Å². The summed E-state index contributed by atoms with van der Waals surface area (Å²) >= 11 is 0. The minimum Gasteiger partial charge on any atom is -0.384 e. The lowest BCUT2D eigenvalue weighted by Gasteiger charge is -2.09. The van der Waals surface area contributed by atoms with Crippen LogP contribution in [0.1, 0.15) is 24.7 Å². The lowest BCUT2D eigenvalue weighted by Crippen LogP contribution is -2.30. The molecule has 0 aromatic carbocycles. The molecule has 1 atom stereocenters. The van der Waals surface area contributed by atoms with Gasteiger partial charge in [0.1, 0.15) is 12.6 Å². The van der Waals surface area contributed by atoms with Gasteiger partial charge < -0.3 is 14.6 Å². The third kappa shape index (κ3) is 3.89. The smallest absolute Gasteiger partial charge is 0.248 e. The summed E-state index contributed by atoms with van der Waals surface area (Å²) in [5, 5.41) is 10.6. The number of nitrogens with zero attached hydrogens (tertiary/aromatic N) is 4. The summed E-state index contributed by atoms with van der Waals surface area (Å²) < 4.78 is 11.6. The van der Waals surface area contributed by atoms with E-state index in [0.717, 1.165) is 0 Å². The van der Waals surface area contributed by atoms with Crippen LogP contribution in [0.5, 0.6) is 0 Å². The second kappa shape index (κ2) is 6.80. The highest BCUT2D eigenvalue weighted by molar-refractivity contribution is 5.75. The number of aromatic nitrogens is 4. The topological polar surface area (TPSA) is 95.1 Å². The van der Waals surface area contributed by atoms with E-state index in [4.69, 9.17) is 9.26 Å². The van der Waals surface area contributed by atoms with Crippen molar-refractivity contribution in [1.82, 2.24) is 25.2 Å². The maximum Gasteiger partial charge on any atom is 0.248 e. The van der Waals surface area contributed by atoms with Gasteiger partial charge in [0.15, 0.2) is 5.82 Å². The second-order valence-corrected chi connectivity index (χ2v) is 4.28. The zero-order chi connectivity index (χ0) is 14.4. The van der Waals surface area contributed by atoms with Gasteiger partial charge in [-0.05, 0) is 13.0 Å². The molecule has 0 aliphatic heterocycles. The number of carbonyl (C=O) groups is 1. The van der Waals surface area contributed by atoms with Crippen LogP contribution in [-0.2, 0) is 22.5 Å². The van der Waals surface area contributed by atoms with Crippen LogP contribution in [-0.4, -0.2) is 39.5 Å². The van der Waals surface area contributed by atoms with E-state index in [2.05, 4.69) is 20.6 Å². The first-order valence-electron chi connectivity index (χ1n) is 6.27. The van der Waals surface area contributed by atoms with Gasteiger partial charge in [-0.1, -0.05) is 5.16 Å². The standard InChI is InChI=1S/C12H17N5O3/c1-9(12-15-10(16-20-12)4-7-19-2)14-11(18)8-17-6-3-5-13-17/h3,5-6,9H,4,7-8H2,1-2H3,(H,14,18)/t9-/m1/s1. The SMILES string of the molecule is COCCc1noc([C@@H](C)NC(=O)Cn2cccn2)n1. The monoisotopic (exact) mass is 279 g/mol. The molecule has 0 saturated heterocycles. The van der Waals surface area contributed by atoms with Crippen LogP contribution in [0.4, 0.5) is 0 Å². The predicted molar refractivity (Wildman–Crippen MR) is 68.7 cm³/mol. The molecule has 0 aliphatic rings. The first kappa shape index (κ1) is 14.2. The summed E-state index contributed by atoms with van der Waals surface area (Å²) in [4.78, 5) is 16.0. The molecule has 1 N–H and O–H groups in total. The molecule has 2 aromatic rings. The van der Waals surface area contributed by atoms with Crippen LogP contribution in [0.3, 0.4) is 0 Å². The zero-order valence-electron chi connectivity index (χ0n) is 11.4. The maximum atomic E-state index is 11.8. The summed E-state index contributed by atoms with van der Waals surface area (Å²) in [6, 6.07) is 1.42. The molecule has 0 spiro atoms. The van der Waals surface area contributed by atoms with E-state index < -0.39 is 0 Å². The number of methoxy groups -OCH3 is 1. The summed E-state index contributed by atoms with van der Waals surface area (Å²) in [5.74, 6) is 0.776. The van der Waals surface area contributed by atoms with Crippen molar-refractivity contribution in [2.24, 2.45) is 0 Å². The van der Waals surface area contributed by atoms with Crippen LogP contribution in [0.2, 0.25) is 0 Å². The summed E-state index contributed by atoms with van der Waals surface area (Å²) in [6.07, 6.45) is 3.92. The highest BCUT2D eigenvalue weighted by Gasteiger charge is 2.16. The molecule has 0 fully saturated rings. The Hall–Kier alpha value is -2.22. The third-order valence-corrected chi connectivity index (χ3v) is 2.63. The van der Waals surface area contributed by atoms with Crippen molar-refractivity contribution in [3.63, 3.8) is 0 Å². The Labute approximate surface area is 116 Å². The van der Waals surface area contributed by atoms with Crippen LogP contribution < -0.4 is 5.32 Å². The Morgan fingerprint density at radius 2 is 2.45 bits per heavy atom. The van der Waals surface area contributed by atoms with Gasteiger partial charge >= 0.3 is 0 Å². The summed E-state index contributed by atoms with van der Waals surface area (Å²) in [7, 11) is 1.61. The van der Waals surface area contributed by atoms with Gasteiger partial charge in [0.05, 0.1) is 6.61 Å². The Kier molecular flexibility index (Phi) is 4.83. The fourth-order valence-corrected chi connectivity index (χ4v) is 1.63. The van der Waals surface area contributed by atoms with Gasteiger partial charge in [-0.3, -0.25) is 9.48 Å². The van der Waals surface area contributed by atoms with E-state index in [9.17, 15) is 4.79 Å². The number of rotatable bonds is 7. The molecule has 8 nitrogen and oxygen atoms in total. The van der Waals surface area contributed by atoms with Crippen LogP contribution in [0.15, 0.2) is 23.0 Å². The molecule has 2 aromatic heterocycles. The van der Waals surface area contributed by atoms with Gasteiger partial charge in [-0.15, -0.1) is 0 Å². The Morgan fingerprint density at radius 3 is 3.15 bits per heavy atom. The first-order chi connectivity index (χ1) is 9.69. The second-order valence-electron chi connectivity index (χ2n) is 4.28. The number of hydrogen-bond acceptors (Lipinski definition) is 6. The molecule has 2 rings (SSSR count). The van der Waals surface area contributed by atoms with Crippen molar-refractivity contribution in [3.8, 4) is 0 Å². The molecular formula is C12H17N5O3. The predicted octanol–water partition coefficient (Wildman–Crippen LogP) is 0.332. The lowest BCUT2D eigenvalue weighted by atomic mass is 10.3. The van der Waals surface area contributed by atoms with Crippen molar-refractivity contribution in [1.29, 1.82) is 0 Å². The van der Waals surface area contributed by atoms with Crippen LogP contribution in [0.25, 0.3) is 0 Å². The van der Waals surface area contributed by atoms with Gasteiger partial charge in [0, 0.05) is 25.9 Å². The number of nitrogens with one attached hydrogen (secondary N) is 1. The van der Waals surface area contributed by atoms with E-state index in [1.54, 1.807) is 37.2 Å². The summed E-state index contributed by atoms with van der Waals surface area (Å²) in [5.41, 5.74) is 0. The zero-order valence-corrected chi connectivity index (χ0v) is 11.4. The normalized spacial score (nSPS) is 12.3. The maximum absolute atomic E-state index is 11.8. The van der Waals surface area contributed by atoms with Gasteiger partial charge in [0.25, 0.3) is 0 Å². The van der Waals surface area contributed by atoms with Crippen molar-refractivity contribution < 1.29 is 14.1 Å². The molecule has 8 heteroatoms. The minimum atomic E-state index is -0.346. The number of amides is 1. The molecule has 1 amide bonds. The third-order valence-electron chi connectivity index (χ3n) is 2.63. The molecule has 108 valence electrons. The van der Waals surface area contributed by atoms with Gasteiger partial charge in [-0.2, -0.15) is 10.1 Å². The molecule has 2 heterocycles. The highest BCUT2D eigenvalue weighted by atomic mass is 16.5. The van der Waals surface area contributed by atoms with Gasteiger partial charge in [-0.25, -0.2) is 0 Å². The fourth-order valence-electron chi connectivity index (χ4n) is 1.63. The van der Waals surface area contributed by atoms with E-state index in [1.165, 1.54) is 0 Å². The quantitative estimate of drug-likeness (QED) is 0.785. The van der Waals surface area contributed by atoms with E-state index in [0.29, 0.717) is 24.7 Å². The van der Waals surface area contributed by atoms with Gasteiger partial charge in [0.2, 0.25) is 11.8 Å². The average Bonchev–Trinajstić information content (AvgIpc) is 3.07. The summed E-state index contributed by atoms with van der Waals surface area (Å²) in [6.45, 7) is 2.47. The van der Waals surface area contributed by atoms with Crippen LogP contribution >= 0.6 is 0 Å². The van der Waals surface area contributed by atoms with Crippen molar-refractivity contribution >= 4 is 5.91 Å². The van der Waals surface area contributed by atoms with E-state index in [-0.39, 0.29) is 18.5 Å². The molecule has 0 unspecified atom stereocenters. The Bertz CT molecular complexity index is 537. The van der Waals surface area contributed by atoms with Crippen molar-refractivity contribution in [2.75, 3.05) is 13.7 Å². The lowest BCUT2D eigenvalue weighted by molar-refractivity contribution is -0.122. The van der Waals surface area contributed by atoms with Crippen molar-refractivity contribution in [3.05, 3.63) is 30.2 Å². The molecule has 0 saturated carbocycles. The van der Waals surface area contributed by atoms with Crippen molar-refractivity contribution in [2.45, 2.75) is 25.9 Å². The minimum absolute atomic E-state index is 0.155. The molecular weight excluding hydrogens is 262 g/mol. The highest BCUT2D eigenvalue weighted by Crippen LogP contribution is 2.09. The number of carbonyl (C=O) groups excluding carboxylic acids is 1. The molecule has 0 aliphatic carbocycles. The van der Waals surface area contributed by atoms with E-state index in [1.807, 2.05) is 0 Å². The Balaban J connectivity index is 1.85. The number of hydrogen-bond donors (Lipinski definition) is 1.